The number of carbonyl (C=O) groups is 1. The molecule has 0 saturated carbocycles. The molecule has 0 radical (unpaired) electrons. The molecule has 2 unspecified atom stereocenters. The van der Waals surface area contributed by atoms with E-state index in [1.807, 2.05) is 0 Å². The standard InChI is InChI=1S/C15H20F2N2O2/c1-15(2,3)21-14(20)19-13-8-18-7-11(13)10-6-9(16)4-5-12(10)17/h4-6,11,13,18H,7-8H2,1-3H3,(H,19,20). The Morgan fingerprint density at radius 3 is 2.71 bits per heavy atom. The molecule has 21 heavy (non-hydrogen) atoms. The van der Waals surface area contributed by atoms with Crippen LogP contribution < -0.4 is 10.6 Å². The maximum Gasteiger partial charge on any atom is 0.407 e. The van der Waals surface area contributed by atoms with Gasteiger partial charge in [0.2, 0.25) is 0 Å². The molecule has 0 bridgehead atoms. The average molecular weight is 298 g/mol. The number of halogens is 2. The van der Waals surface area contributed by atoms with Gasteiger partial charge in [-0.15, -0.1) is 0 Å². The van der Waals surface area contributed by atoms with Gasteiger partial charge in [-0.3, -0.25) is 0 Å². The number of carbonyl (C=O) groups excluding carboxylic acids is 1. The van der Waals surface area contributed by atoms with Gasteiger partial charge >= 0.3 is 6.09 Å². The first kappa shape index (κ1) is 15.7. The summed E-state index contributed by atoms with van der Waals surface area (Å²) in [6.07, 6.45) is -0.557. The van der Waals surface area contributed by atoms with Crippen LogP contribution in [0.25, 0.3) is 0 Å². The third-order valence-corrected chi connectivity index (χ3v) is 3.27. The third kappa shape index (κ3) is 4.14. The second-order valence-corrected chi connectivity index (χ2v) is 6.18. The van der Waals surface area contributed by atoms with Gasteiger partial charge in [0.05, 0.1) is 6.04 Å². The van der Waals surface area contributed by atoms with Crippen LogP contribution in [0.1, 0.15) is 32.3 Å². The highest BCUT2D eigenvalue weighted by Gasteiger charge is 2.32. The van der Waals surface area contributed by atoms with E-state index in [0.29, 0.717) is 13.1 Å². The van der Waals surface area contributed by atoms with Crippen molar-refractivity contribution in [3.05, 3.63) is 35.4 Å². The molecule has 1 heterocycles. The number of amides is 1. The lowest BCUT2D eigenvalue weighted by Gasteiger charge is -2.24. The lowest BCUT2D eigenvalue weighted by atomic mass is 9.94. The Labute approximate surface area is 122 Å². The van der Waals surface area contributed by atoms with Crippen molar-refractivity contribution in [1.29, 1.82) is 0 Å². The minimum atomic E-state index is -0.601. The van der Waals surface area contributed by atoms with Gasteiger partial charge in [0.25, 0.3) is 0 Å². The van der Waals surface area contributed by atoms with Gasteiger partial charge < -0.3 is 15.4 Å². The van der Waals surface area contributed by atoms with Crippen LogP contribution in [0.15, 0.2) is 18.2 Å². The van der Waals surface area contributed by atoms with Crippen LogP contribution in [0.2, 0.25) is 0 Å². The molecular weight excluding hydrogens is 278 g/mol. The molecule has 1 aromatic rings. The summed E-state index contributed by atoms with van der Waals surface area (Å²) in [5, 5.41) is 5.79. The minimum absolute atomic E-state index is 0.265. The minimum Gasteiger partial charge on any atom is -0.444 e. The normalized spacial score (nSPS) is 22.1. The Morgan fingerprint density at radius 2 is 2.05 bits per heavy atom. The molecule has 0 aliphatic carbocycles. The van der Waals surface area contributed by atoms with Gasteiger partial charge in [-0.25, -0.2) is 13.6 Å². The van der Waals surface area contributed by atoms with E-state index < -0.39 is 23.3 Å². The lowest BCUT2D eigenvalue weighted by Crippen LogP contribution is -2.42. The molecule has 4 nitrogen and oxygen atoms in total. The predicted octanol–water partition coefficient (Wildman–Crippen LogP) is 2.54. The summed E-state index contributed by atoms with van der Waals surface area (Å²) >= 11 is 0. The van der Waals surface area contributed by atoms with Gasteiger partial charge in [0.1, 0.15) is 17.2 Å². The van der Waals surface area contributed by atoms with E-state index >= 15 is 0 Å². The first-order valence-corrected chi connectivity index (χ1v) is 6.91. The zero-order chi connectivity index (χ0) is 15.6. The van der Waals surface area contributed by atoms with E-state index in [1.165, 1.54) is 6.07 Å². The quantitative estimate of drug-likeness (QED) is 0.882. The monoisotopic (exact) mass is 298 g/mol. The SMILES string of the molecule is CC(C)(C)OC(=O)NC1CNCC1c1cc(F)ccc1F. The maximum atomic E-state index is 13.9. The summed E-state index contributed by atoms with van der Waals surface area (Å²) in [4.78, 5) is 11.8. The number of hydrogen-bond donors (Lipinski definition) is 2. The number of benzene rings is 1. The van der Waals surface area contributed by atoms with Gasteiger partial charge in [-0.2, -0.15) is 0 Å². The van der Waals surface area contributed by atoms with Gasteiger partial charge in [-0.1, -0.05) is 0 Å². The van der Waals surface area contributed by atoms with Crippen LogP contribution in [0, 0.1) is 11.6 Å². The summed E-state index contributed by atoms with van der Waals surface area (Å²) in [5.41, 5.74) is -0.337. The average Bonchev–Trinajstić information content (AvgIpc) is 2.77. The second kappa shape index (κ2) is 5.97. The topological polar surface area (TPSA) is 50.4 Å². The van der Waals surface area contributed by atoms with Crippen LogP contribution >= 0.6 is 0 Å². The number of ether oxygens (including phenoxy) is 1. The van der Waals surface area contributed by atoms with E-state index in [4.69, 9.17) is 4.74 Å². The van der Waals surface area contributed by atoms with Crippen molar-refractivity contribution in [2.75, 3.05) is 13.1 Å². The summed E-state index contributed by atoms with van der Waals surface area (Å²) in [6.45, 7) is 6.26. The Bertz CT molecular complexity index is 529. The molecule has 1 aromatic carbocycles. The predicted molar refractivity (Wildman–Crippen MR) is 75.1 cm³/mol. The van der Waals surface area contributed by atoms with Crippen molar-refractivity contribution in [3.63, 3.8) is 0 Å². The fourth-order valence-corrected chi connectivity index (χ4v) is 2.41. The van der Waals surface area contributed by atoms with Crippen LogP contribution in [-0.2, 0) is 4.74 Å². The molecule has 1 aliphatic heterocycles. The van der Waals surface area contributed by atoms with E-state index in [2.05, 4.69) is 10.6 Å². The molecule has 1 aliphatic rings. The fraction of sp³-hybridized carbons (Fsp3) is 0.533. The Morgan fingerprint density at radius 1 is 1.33 bits per heavy atom. The fourth-order valence-electron chi connectivity index (χ4n) is 2.41. The molecule has 6 heteroatoms. The Hall–Kier alpha value is -1.69. The molecule has 2 atom stereocenters. The largest absolute Gasteiger partial charge is 0.444 e. The van der Waals surface area contributed by atoms with E-state index in [-0.39, 0.29) is 17.5 Å². The Balaban J connectivity index is 2.10. The molecule has 0 spiro atoms. The number of hydrogen-bond acceptors (Lipinski definition) is 3. The highest BCUT2D eigenvalue weighted by molar-refractivity contribution is 5.68. The summed E-state index contributed by atoms with van der Waals surface area (Å²) in [6, 6.07) is 3.03. The van der Waals surface area contributed by atoms with Crippen LogP contribution in [0.5, 0.6) is 0 Å². The molecular formula is C15H20F2N2O2. The van der Waals surface area contributed by atoms with Gasteiger partial charge in [-0.05, 0) is 44.5 Å². The van der Waals surface area contributed by atoms with Crippen LogP contribution in [0.3, 0.4) is 0 Å². The zero-order valence-electron chi connectivity index (χ0n) is 12.4. The van der Waals surface area contributed by atoms with Crippen molar-refractivity contribution < 1.29 is 18.3 Å². The first-order chi connectivity index (χ1) is 9.76. The summed E-state index contributed by atoms with van der Waals surface area (Å²) in [5.74, 6) is -1.29. The van der Waals surface area contributed by atoms with Gasteiger partial charge in [0, 0.05) is 19.0 Å². The van der Waals surface area contributed by atoms with Crippen molar-refractivity contribution >= 4 is 6.09 Å². The molecule has 2 N–H and O–H groups in total. The molecule has 1 saturated heterocycles. The summed E-state index contributed by atoms with van der Waals surface area (Å²) < 4.78 is 32.4. The number of nitrogens with one attached hydrogen (secondary N) is 2. The van der Waals surface area contributed by atoms with Crippen molar-refractivity contribution in [2.24, 2.45) is 0 Å². The third-order valence-electron chi connectivity index (χ3n) is 3.27. The van der Waals surface area contributed by atoms with Crippen molar-refractivity contribution in [3.8, 4) is 0 Å². The zero-order valence-corrected chi connectivity index (χ0v) is 12.4. The van der Waals surface area contributed by atoms with Crippen molar-refractivity contribution in [1.82, 2.24) is 10.6 Å². The van der Waals surface area contributed by atoms with Gasteiger partial charge in [0.15, 0.2) is 0 Å². The smallest absolute Gasteiger partial charge is 0.407 e. The second-order valence-electron chi connectivity index (χ2n) is 6.18. The Kier molecular flexibility index (Phi) is 4.46. The van der Waals surface area contributed by atoms with E-state index in [9.17, 15) is 13.6 Å². The van der Waals surface area contributed by atoms with Crippen LogP contribution in [0.4, 0.5) is 13.6 Å². The highest BCUT2D eigenvalue weighted by atomic mass is 19.1. The molecule has 1 fully saturated rings. The first-order valence-electron chi connectivity index (χ1n) is 6.91. The molecule has 0 aromatic heterocycles. The molecule has 2 rings (SSSR count). The molecule has 1 amide bonds. The van der Waals surface area contributed by atoms with E-state index in [1.54, 1.807) is 20.8 Å². The number of alkyl carbamates (subject to hydrolysis) is 1. The van der Waals surface area contributed by atoms with Crippen molar-refractivity contribution in [2.45, 2.75) is 38.3 Å². The number of rotatable bonds is 2. The maximum absolute atomic E-state index is 13.9. The highest BCUT2D eigenvalue weighted by Crippen LogP contribution is 2.26. The summed E-state index contributed by atoms with van der Waals surface area (Å²) in [7, 11) is 0. The molecule has 116 valence electrons. The van der Waals surface area contributed by atoms with E-state index in [0.717, 1.165) is 12.1 Å². The lowest BCUT2D eigenvalue weighted by molar-refractivity contribution is 0.0504. The van der Waals surface area contributed by atoms with Crippen LogP contribution in [-0.4, -0.2) is 30.8 Å².